The Kier molecular flexibility index (Phi) is 5.31. The molecule has 2 rings (SSSR count). The van der Waals surface area contributed by atoms with Crippen molar-refractivity contribution in [2.45, 2.75) is 24.7 Å². The number of ether oxygens (including phenoxy) is 2. The van der Waals surface area contributed by atoms with Crippen LogP contribution in [0.15, 0.2) is 23.1 Å². The number of piperidine rings is 1. The van der Waals surface area contributed by atoms with E-state index in [1.54, 1.807) is 6.07 Å². The summed E-state index contributed by atoms with van der Waals surface area (Å²) in [6.45, 7) is 4.40. The topological polar surface area (TPSA) is 76.7 Å². The molecule has 0 atom stereocenters. The second kappa shape index (κ2) is 6.85. The van der Waals surface area contributed by atoms with Gasteiger partial charge >= 0.3 is 0 Å². The lowest BCUT2D eigenvalue weighted by molar-refractivity contribution is 0.232. The first-order chi connectivity index (χ1) is 10.4. The Hall–Kier alpha value is -1.31. The van der Waals surface area contributed by atoms with E-state index in [2.05, 4.69) is 17.0 Å². The molecule has 0 saturated carbocycles. The minimum absolute atomic E-state index is 0.00508. The minimum atomic E-state index is -3.56. The Balaban J connectivity index is 2.13. The molecule has 0 unspecified atom stereocenters. The zero-order chi connectivity index (χ0) is 16.2. The molecule has 1 saturated heterocycles. The summed E-state index contributed by atoms with van der Waals surface area (Å²) >= 11 is 0. The van der Waals surface area contributed by atoms with Gasteiger partial charge in [0, 0.05) is 12.6 Å². The number of nitrogens with one attached hydrogen (secondary N) is 2. The zero-order valence-electron chi connectivity index (χ0n) is 13.3. The molecular weight excluding hydrogens is 304 g/mol. The van der Waals surface area contributed by atoms with Gasteiger partial charge in [0.25, 0.3) is 0 Å². The average molecular weight is 328 g/mol. The van der Waals surface area contributed by atoms with Crippen molar-refractivity contribution in [3.63, 3.8) is 0 Å². The summed E-state index contributed by atoms with van der Waals surface area (Å²) in [4.78, 5) is 0.183. The molecule has 22 heavy (non-hydrogen) atoms. The van der Waals surface area contributed by atoms with Crippen LogP contribution in [0.5, 0.6) is 11.5 Å². The van der Waals surface area contributed by atoms with Gasteiger partial charge in [0.15, 0.2) is 11.5 Å². The molecule has 2 N–H and O–H groups in total. The van der Waals surface area contributed by atoms with E-state index in [1.807, 2.05) is 0 Å². The van der Waals surface area contributed by atoms with Crippen LogP contribution in [-0.4, -0.2) is 42.3 Å². The second-order valence-corrected chi connectivity index (χ2v) is 7.67. The molecule has 7 heteroatoms. The molecule has 1 fully saturated rings. The van der Waals surface area contributed by atoms with Crippen molar-refractivity contribution in [3.05, 3.63) is 18.2 Å². The fourth-order valence-corrected chi connectivity index (χ4v) is 3.76. The zero-order valence-corrected chi connectivity index (χ0v) is 14.1. The van der Waals surface area contributed by atoms with E-state index < -0.39 is 10.0 Å². The fraction of sp³-hybridized carbons (Fsp3) is 0.600. The average Bonchev–Trinajstić information content (AvgIpc) is 2.53. The lowest BCUT2D eigenvalue weighted by Gasteiger charge is -2.34. The highest BCUT2D eigenvalue weighted by Gasteiger charge is 2.29. The third-order valence-electron chi connectivity index (χ3n) is 4.16. The van der Waals surface area contributed by atoms with Gasteiger partial charge < -0.3 is 14.8 Å². The number of rotatable bonds is 6. The first-order valence-electron chi connectivity index (χ1n) is 7.33. The predicted molar refractivity (Wildman–Crippen MR) is 84.9 cm³/mol. The molecule has 1 heterocycles. The standard InChI is InChI=1S/C15H24N2O4S/c1-15(6-8-16-9-7-15)11-17-22(18,19)12-4-5-13(20-2)14(10-12)21-3/h4-5,10,16-17H,6-9,11H2,1-3H3. The third kappa shape index (κ3) is 3.91. The first kappa shape index (κ1) is 17.1. The maximum absolute atomic E-state index is 12.5. The monoisotopic (exact) mass is 328 g/mol. The van der Waals surface area contributed by atoms with Crippen molar-refractivity contribution < 1.29 is 17.9 Å². The number of sulfonamides is 1. The van der Waals surface area contributed by atoms with E-state index in [0.29, 0.717) is 18.0 Å². The lowest BCUT2D eigenvalue weighted by Crippen LogP contribution is -2.42. The quantitative estimate of drug-likeness (QED) is 0.825. The largest absolute Gasteiger partial charge is 0.493 e. The van der Waals surface area contributed by atoms with Crippen LogP contribution in [0, 0.1) is 5.41 Å². The second-order valence-electron chi connectivity index (χ2n) is 5.90. The van der Waals surface area contributed by atoms with Crippen molar-refractivity contribution >= 4 is 10.0 Å². The maximum Gasteiger partial charge on any atom is 0.240 e. The highest BCUT2D eigenvalue weighted by molar-refractivity contribution is 7.89. The van der Waals surface area contributed by atoms with Gasteiger partial charge in [-0.25, -0.2) is 13.1 Å². The van der Waals surface area contributed by atoms with Gasteiger partial charge in [-0.15, -0.1) is 0 Å². The lowest BCUT2D eigenvalue weighted by atomic mass is 9.81. The number of benzene rings is 1. The number of hydrogen-bond donors (Lipinski definition) is 2. The Morgan fingerprint density at radius 3 is 2.41 bits per heavy atom. The van der Waals surface area contributed by atoms with Crippen LogP contribution in [0.4, 0.5) is 0 Å². The Labute approximate surface area is 132 Å². The van der Waals surface area contributed by atoms with Crippen LogP contribution in [0.25, 0.3) is 0 Å². The maximum atomic E-state index is 12.5. The molecule has 1 aliphatic rings. The summed E-state index contributed by atoms with van der Waals surface area (Å²) in [6.07, 6.45) is 1.92. The molecule has 6 nitrogen and oxygen atoms in total. The summed E-state index contributed by atoms with van der Waals surface area (Å²) in [5, 5.41) is 3.29. The summed E-state index contributed by atoms with van der Waals surface area (Å²) in [7, 11) is -0.561. The molecule has 0 aliphatic carbocycles. The highest BCUT2D eigenvalue weighted by atomic mass is 32.2. The smallest absolute Gasteiger partial charge is 0.240 e. The summed E-state index contributed by atoms with van der Waals surface area (Å²) in [5.74, 6) is 0.908. The van der Waals surface area contributed by atoms with Crippen LogP contribution < -0.4 is 19.5 Å². The molecule has 124 valence electrons. The van der Waals surface area contributed by atoms with Crippen LogP contribution in [0.2, 0.25) is 0 Å². The molecule has 0 aromatic heterocycles. The van der Waals surface area contributed by atoms with Gasteiger partial charge in [-0.1, -0.05) is 6.92 Å². The first-order valence-corrected chi connectivity index (χ1v) is 8.81. The predicted octanol–water partition coefficient (Wildman–Crippen LogP) is 1.37. The highest BCUT2D eigenvalue weighted by Crippen LogP contribution is 2.30. The molecule has 0 amide bonds. The van der Waals surface area contributed by atoms with Gasteiger partial charge in [-0.3, -0.25) is 0 Å². The molecule has 0 radical (unpaired) electrons. The minimum Gasteiger partial charge on any atom is -0.493 e. The van der Waals surface area contributed by atoms with Crippen LogP contribution in [-0.2, 0) is 10.0 Å². The Morgan fingerprint density at radius 2 is 1.82 bits per heavy atom. The van der Waals surface area contributed by atoms with Crippen molar-refractivity contribution in [2.75, 3.05) is 33.9 Å². The van der Waals surface area contributed by atoms with Crippen molar-refractivity contribution in [2.24, 2.45) is 5.41 Å². The van der Waals surface area contributed by atoms with Gasteiger partial charge in [0.1, 0.15) is 0 Å². The summed E-state index contributed by atoms with van der Waals surface area (Å²) in [5.41, 5.74) is -0.00508. The molecular formula is C15H24N2O4S. The third-order valence-corrected chi connectivity index (χ3v) is 5.56. The molecule has 0 bridgehead atoms. The summed E-state index contributed by atoms with van der Waals surface area (Å²) in [6, 6.07) is 4.60. The van der Waals surface area contributed by atoms with E-state index in [4.69, 9.17) is 9.47 Å². The van der Waals surface area contributed by atoms with Crippen LogP contribution >= 0.6 is 0 Å². The van der Waals surface area contributed by atoms with E-state index in [1.165, 1.54) is 26.4 Å². The van der Waals surface area contributed by atoms with E-state index in [0.717, 1.165) is 25.9 Å². The van der Waals surface area contributed by atoms with Crippen molar-refractivity contribution in [1.29, 1.82) is 0 Å². The van der Waals surface area contributed by atoms with Crippen molar-refractivity contribution in [1.82, 2.24) is 10.0 Å². The van der Waals surface area contributed by atoms with Gasteiger partial charge in [-0.05, 0) is 43.5 Å². The number of hydrogen-bond acceptors (Lipinski definition) is 5. The normalized spacial score (nSPS) is 18.0. The van der Waals surface area contributed by atoms with Crippen LogP contribution in [0.3, 0.4) is 0 Å². The van der Waals surface area contributed by atoms with Crippen LogP contribution in [0.1, 0.15) is 19.8 Å². The van der Waals surface area contributed by atoms with Gasteiger partial charge in [0.2, 0.25) is 10.0 Å². The van der Waals surface area contributed by atoms with E-state index in [-0.39, 0.29) is 10.3 Å². The SMILES string of the molecule is COc1ccc(S(=O)(=O)NCC2(C)CCNCC2)cc1OC. The van der Waals surface area contributed by atoms with E-state index >= 15 is 0 Å². The van der Waals surface area contributed by atoms with Gasteiger partial charge in [-0.2, -0.15) is 0 Å². The van der Waals surface area contributed by atoms with Gasteiger partial charge in [0.05, 0.1) is 19.1 Å². The molecule has 1 aliphatic heterocycles. The molecule has 1 aromatic carbocycles. The Bertz CT molecular complexity index is 610. The molecule has 1 aromatic rings. The molecule has 0 spiro atoms. The number of methoxy groups -OCH3 is 2. The fourth-order valence-electron chi connectivity index (χ4n) is 2.54. The van der Waals surface area contributed by atoms with Crippen molar-refractivity contribution in [3.8, 4) is 11.5 Å². The summed E-state index contributed by atoms with van der Waals surface area (Å²) < 4.78 is 37.9. The Morgan fingerprint density at radius 1 is 1.18 bits per heavy atom. The van der Waals surface area contributed by atoms with E-state index in [9.17, 15) is 8.42 Å².